The number of H-pyrrole nitrogens is 1. The van der Waals surface area contributed by atoms with Gasteiger partial charge in [-0.15, -0.1) is 0 Å². The van der Waals surface area contributed by atoms with Crippen molar-refractivity contribution in [2.75, 3.05) is 26.7 Å². The Morgan fingerprint density at radius 1 is 1.26 bits per heavy atom. The zero-order valence-electron chi connectivity index (χ0n) is 13.4. The number of aromatic amines is 1. The van der Waals surface area contributed by atoms with Crippen LogP contribution in [-0.2, 0) is 4.79 Å². The summed E-state index contributed by atoms with van der Waals surface area (Å²) in [6, 6.07) is 10.6. The number of amides is 1. The van der Waals surface area contributed by atoms with Gasteiger partial charge in [0.15, 0.2) is 0 Å². The molecule has 0 spiro atoms. The fourth-order valence-corrected chi connectivity index (χ4v) is 3.60. The van der Waals surface area contributed by atoms with E-state index in [1.54, 1.807) is 6.20 Å². The van der Waals surface area contributed by atoms with E-state index in [2.05, 4.69) is 46.2 Å². The molecule has 120 valence electrons. The number of carbonyl (C=O) groups is 1. The molecule has 1 aliphatic heterocycles. The fraction of sp³-hybridized carbons (Fsp3) is 0.444. The third kappa shape index (κ3) is 2.77. The zero-order valence-corrected chi connectivity index (χ0v) is 13.4. The molecule has 4 rings (SSSR count). The number of hydrogen-bond acceptors (Lipinski definition) is 3. The standard InChI is InChI=1S/C18H22N4O/c1-21-9-10-22(12-16(21)17-19-7-8-20-17)18(23)15-11-14(15)13-5-3-2-4-6-13/h2-8,14-16H,9-12H2,1H3,(H,19,20). The molecule has 1 N–H and O–H groups in total. The SMILES string of the molecule is CN1CCN(C(=O)C2CC2c2ccccc2)CC1c1ncc[nH]1. The Hall–Kier alpha value is -2.14. The van der Waals surface area contributed by atoms with Crippen LogP contribution in [0, 0.1) is 5.92 Å². The van der Waals surface area contributed by atoms with Crippen LogP contribution in [-0.4, -0.2) is 52.4 Å². The maximum atomic E-state index is 12.8. The van der Waals surface area contributed by atoms with Crippen LogP contribution in [0.25, 0.3) is 0 Å². The number of aromatic nitrogens is 2. The number of benzene rings is 1. The quantitative estimate of drug-likeness (QED) is 0.944. The van der Waals surface area contributed by atoms with Gasteiger partial charge < -0.3 is 9.88 Å². The Bertz CT molecular complexity index is 670. The highest BCUT2D eigenvalue weighted by Gasteiger charge is 2.46. The molecule has 1 amide bonds. The predicted molar refractivity (Wildman–Crippen MR) is 87.8 cm³/mol. The molecule has 0 radical (unpaired) electrons. The Kier molecular flexibility index (Phi) is 3.65. The van der Waals surface area contributed by atoms with Gasteiger partial charge in [0.2, 0.25) is 5.91 Å². The Labute approximate surface area is 136 Å². The minimum absolute atomic E-state index is 0.164. The topological polar surface area (TPSA) is 52.2 Å². The van der Waals surface area contributed by atoms with E-state index in [9.17, 15) is 4.79 Å². The van der Waals surface area contributed by atoms with E-state index in [0.29, 0.717) is 11.8 Å². The van der Waals surface area contributed by atoms with Gasteiger partial charge in [0.05, 0.1) is 6.04 Å². The third-order valence-electron chi connectivity index (χ3n) is 5.13. The predicted octanol–water partition coefficient (Wildman–Crippen LogP) is 2.03. The highest BCUT2D eigenvalue weighted by molar-refractivity contribution is 5.83. The molecule has 1 saturated heterocycles. The third-order valence-corrected chi connectivity index (χ3v) is 5.13. The first-order valence-corrected chi connectivity index (χ1v) is 8.27. The minimum Gasteiger partial charge on any atom is -0.347 e. The Morgan fingerprint density at radius 2 is 2.09 bits per heavy atom. The molecule has 1 aliphatic carbocycles. The van der Waals surface area contributed by atoms with E-state index in [1.165, 1.54) is 5.56 Å². The lowest BCUT2D eigenvalue weighted by Gasteiger charge is -2.38. The van der Waals surface area contributed by atoms with E-state index in [4.69, 9.17) is 0 Å². The largest absolute Gasteiger partial charge is 0.347 e. The summed E-state index contributed by atoms with van der Waals surface area (Å²) in [7, 11) is 2.10. The molecule has 2 aliphatic rings. The maximum Gasteiger partial charge on any atom is 0.226 e. The molecule has 23 heavy (non-hydrogen) atoms. The maximum absolute atomic E-state index is 12.8. The van der Waals surface area contributed by atoms with Gasteiger partial charge in [-0.1, -0.05) is 30.3 Å². The van der Waals surface area contributed by atoms with Crippen molar-refractivity contribution in [3.8, 4) is 0 Å². The van der Waals surface area contributed by atoms with Crippen LogP contribution in [0.4, 0.5) is 0 Å². The Balaban J connectivity index is 1.43. The second-order valence-electron chi connectivity index (χ2n) is 6.61. The first kappa shape index (κ1) is 14.5. The van der Waals surface area contributed by atoms with E-state index in [1.807, 2.05) is 17.2 Å². The smallest absolute Gasteiger partial charge is 0.226 e. The summed E-state index contributed by atoms with van der Waals surface area (Å²) in [5.74, 6) is 1.83. The van der Waals surface area contributed by atoms with Gasteiger partial charge in [-0.2, -0.15) is 0 Å². The first-order valence-electron chi connectivity index (χ1n) is 8.27. The molecule has 2 heterocycles. The number of nitrogens with zero attached hydrogens (tertiary/aromatic N) is 3. The molecule has 1 aromatic heterocycles. The van der Waals surface area contributed by atoms with Crippen LogP contribution >= 0.6 is 0 Å². The molecule has 1 aromatic carbocycles. The molecular weight excluding hydrogens is 288 g/mol. The number of rotatable bonds is 3. The summed E-state index contributed by atoms with van der Waals surface area (Å²) in [6.07, 6.45) is 4.60. The van der Waals surface area contributed by atoms with Crippen molar-refractivity contribution in [3.05, 3.63) is 54.1 Å². The minimum atomic E-state index is 0.164. The van der Waals surface area contributed by atoms with Gasteiger partial charge in [-0.25, -0.2) is 4.98 Å². The number of likely N-dealkylation sites (N-methyl/N-ethyl adjacent to an activating group) is 1. The monoisotopic (exact) mass is 310 g/mol. The van der Waals surface area contributed by atoms with Crippen LogP contribution in [0.2, 0.25) is 0 Å². The highest BCUT2D eigenvalue weighted by atomic mass is 16.2. The molecule has 0 bridgehead atoms. The van der Waals surface area contributed by atoms with Gasteiger partial charge in [0, 0.05) is 37.9 Å². The van der Waals surface area contributed by atoms with Crippen molar-refractivity contribution in [2.45, 2.75) is 18.4 Å². The summed E-state index contributed by atoms with van der Waals surface area (Å²) < 4.78 is 0. The molecule has 1 saturated carbocycles. The van der Waals surface area contributed by atoms with Gasteiger partial charge in [0.1, 0.15) is 5.82 Å². The number of piperazine rings is 1. The van der Waals surface area contributed by atoms with Crippen LogP contribution in [0.5, 0.6) is 0 Å². The van der Waals surface area contributed by atoms with Crippen molar-refractivity contribution >= 4 is 5.91 Å². The van der Waals surface area contributed by atoms with E-state index < -0.39 is 0 Å². The Morgan fingerprint density at radius 3 is 2.83 bits per heavy atom. The van der Waals surface area contributed by atoms with Crippen molar-refractivity contribution in [1.29, 1.82) is 0 Å². The number of hydrogen-bond donors (Lipinski definition) is 1. The number of imidazole rings is 1. The first-order chi connectivity index (χ1) is 11.2. The lowest BCUT2D eigenvalue weighted by Crippen LogP contribution is -2.49. The molecule has 5 heteroatoms. The van der Waals surface area contributed by atoms with Crippen molar-refractivity contribution in [3.63, 3.8) is 0 Å². The summed E-state index contributed by atoms with van der Waals surface area (Å²) in [5.41, 5.74) is 1.29. The van der Waals surface area contributed by atoms with Gasteiger partial charge in [0.25, 0.3) is 0 Å². The molecule has 3 atom stereocenters. The molecule has 2 aromatic rings. The summed E-state index contributed by atoms with van der Waals surface area (Å²) >= 11 is 0. The highest BCUT2D eigenvalue weighted by Crippen LogP contribution is 2.48. The number of carbonyl (C=O) groups excluding carboxylic acids is 1. The van der Waals surface area contributed by atoms with Crippen molar-refractivity contribution in [2.24, 2.45) is 5.92 Å². The molecular formula is C18H22N4O. The summed E-state index contributed by atoms with van der Waals surface area (Å²) in [5, 5.41) is 0. The van der Waals surface area contributed by atoms with Crippen LogP contribution in [0.3, 0.4) is 0 Å². The molecule has 3 unspecified atom stereocenters. The van der Waals surface area contributed by atoms with E-state index >= 15 is 0 Å². The normalized spacial score (nSPS) is 27.9. The molecule has 5 nitrogen and oxygen atoms in total. The van der Waals surface area contributed by atoms with E-state index in [-0.39, 0.29) is 12.0 Å². The summed E-state index contributed by atoms with van der Waals surface area (Å²) in [6.45, 7) is 2.42. The molecule has 2 fully saturated rings. The van der Waals surface area contributed by atoms with Crippen LogP contribution < -0.4 is 0 Å². The van der Waals surface area contributed by atoms with Crippen LogP contribution in [0.15, 0.2) is 42.7 Å². The fourth-order valence-electron chi connectivity index (χ4n) is 3.60. The van der Waals surface area contributed by atoms with E-state index in [0.717, 1.165) is 31.9 Å². The van der Waals surface area contributed by atoms with Crippen LogP contribution in [0.1, 0.15) is 29.8 Å². The second kappa shape index (κ2) is 5.81. The summed E-state index contributed by atoms with van der Waals surface area (Å²) in [4.78, 5) is 24.7. The zero-order chi connectivity index (χ0) is 15.8. The van der Waals surface area contributed by atoms with Gasteiger partial charge in [-0.05, 0) is 24.9 Å². The second-order valence-corrected chi connectivity index (χ2v) is 6.61. The number of nitrogens with one attached hydrogen (secondary N) is 1. The lowest BCUT2D eigenvalue weighted by molar-refractivity contribution is -0.135. The average molecular weight is 310 g/mol. The van der Waals surface area contributed by atoms with Crippen molar-refractivity contribution in [1.82, 2.24) is 19.8 Å². The van der Waals surface area contributed by atoms with Crippen molar-refractivity contribution < 1.29 is 4.79 Å². The van der Waals surface area contributed by atoms with Gasteiger partial charge in [-0.3, -0.25) is 9.69 Å². The average Bonchev–Trinajstić information content (AvgIpc) is 3.21. The lowest BCUT2D eigenvalue weighted by atomic mass is 10.1. The van der Waals surface area contributed by atoms with Gasteiger partial charge >= 0.3 is 0 Å².